The van der Waals surface area contributed by atoms with Crippen LogP contribution in [0.3, 0.4) is 0 Å². The normalized spacial score (nSPS) is 11.6. The van der Waals surface area contributed by atoms with Gasteiger partial charge in [0.15, 0.2) is 11.6 Å². The molecule has 11 aromatic rings. The average molecular weight is 717 g/mol. The molecule has 8 aromatic carbocycles. The van der Waals surface area contributed by atoms with E-state index >= 15 is 0 Å². The Morgan fingerprint density at radius 1 is 0.339 bits per heavy atom. The molecule has 3 heterocycles. The molecular formula is C51H32N4O. The molecule has 0 bridgehead atoms. The molecule has 3 aromatic heterocycles. The van der Waals surface area contributed by atoms with Crippen molar-refractivity contribution in [3.8, 4) is 62.1 Å². The monoisotopic (exact) mass is 716 g/mol. The van der Waals surface area contributed by atoms with Crippen LogP contribution in [0.2, 0.25) is 0 Å². The summed E-state index contributed by atoms with van der Waals surface area (Å²) in [4.78, 5) is 15.7. The van der Waals surface area contributed by atoms with Crippen LogP contribution in [0, 0.1) is 0 Å². The lowest BCUT2D eigenvalue weighted by atomic mass is 9.98. The van der Waals surface area contributed by atoms with Gasteiger partial charge in [-0.05, 0) is 69.8 Å². The van der Waals surface area contributed by atoms with Crippen molar-refractivity contribution in [2.75, 3.05) is 0 Å². The van der Waals surface area contributed by atoms with Crippen molar-refractivity contribution in [2.24, 2.45) is 0 Å². The van der Waals surface area contributed by atoms with Gasteiger partial charge in [-0.2, -0.15) is 9.97 Å². The maximum absolute atomic E-state index is 6.25. The lowest BCUT2D eigenvalue weighted by molar-refractivity contribution is 0.669. The molecule has 0 spiro atoms. The van der Waals surface area contributed by atoms with E-state index in [-0.39, 0.29) is 0 Å². The van der Waals surface area contributed by atoms with Crippen LogP contribution in [-0.4, -0.2) is 19.5 Å². The number of hydrogen-bond acceptors (Lipinski definition) is 4. The lowest BCUT2D eigenvalue weighted by Crippen LogP contribution is -2.06. The summed E-state index contributed by atoms with van der Waals surface area (Å²) < 4.78 is 8.45. The molecule has 0 aliphatic rings. The number of aromatic nitrogens is 4. The molecule has 0 aliphatic heterocycles. The third-order valence-electron chi connectivity index (χ3n) is 10.7. The van der Waals surface area contributed by atoms with E-state index in [9.17, 15) is 0 Å². The quantitative estimate of drug-likeness (QED) is 0.172. The Bertz CT molecular complexity index is 3240. The summed E-state index contributed by atoms with van der Waals surface area (Å²) in [6.45, 7) is 0. The van der Waals surface area contributed by atoms with Gasteiger partial charge in [0.05, 0.1) is 11.0 Å². The largest absolute Gasteiger partial charge is 0.456 e. The molecule has 5 heteroatoms. The summed E-state index contributed by atoms with van der Waals surface area (Å²) in [5.74, 6) is 1.75. The van der Waals surface area contributed by atoms with Crippen LogP contribution in [0.25, 0.3) is 106 Å². The van der Waals surface area contributed by atoms with Crippen LogP contribution in [0.4, 0.5) is 0 Å². The Balaban J connectivity index is 1.15. The second-order valence-electron chi connectivity index (χ2n) is 14.0. The van der Waals surface area contributed by atoms with Crippen LogP contribution in [0.1, 0.15) is 0 Å². The molecule has 0 radical (unpaired) electrons. The van der Waals surface area contributed by atoms with Gasteiger partial charge in [0.2, 0.25) is 5.95 Å². The van der Waals surface area contributed by atoms with E-state index in [1.54, 1.807) is 0 Å². The Labute approximate surface area is 322 Å². The fraction of sp³-hybridized carbons (Fsp3) is 0. The van der Waals surface area contributed by atoms with Crippen molar-refractivity contribution in [1.82, 2.24) is 19.5 Å². The number of hydrogen-bond donors (Lipinski definition) is 0. The van der Waals surface area contributed by atoms with E-state index in [1.165, 1.54) is 5.56 Å². The van der Waals surface area contributed by atoms with E-state index in [4.69, 9.17) is 19.4 Å². The third kappa shape index (κ3) is 5.37. The molecule has 0 N–H and O–H groups in total. The molecular weight excluding hydrogens is 685 g/mol. The topological polar surface area (TPSA) is 56.7 Å². The highest BCUT2D eigenvalue weighted by Gasteiger charge is 2.20. The van der Waals surface area contributed by atoms with Gasteiger partial charge in [-0.15, -0.1) is 0 Å². The molecule has 5 nitrogen and oxygen atoms in total. The number of fused-ring (bicyclic) bond motifs is 6. The fourth-order valence-corrected chi connectivity index (χ4v) is 8.01. The molecule has 0 fully saturated rings. The van der Waals surface area contributed by atoms with Crippen LogP contribution < -0.4 is 0 Å². The lowest BCUT2D eigenvalue weighted by Gasteiger charge is -2.12. The predicted octanol–water partition coefficient (Wildman–Crippen LogP) is 13.2. The molecule has 0 aliphatic carbocycles. The second-order valence-corrected chi connectivity index (χ2v) is 14.0. The third-order valence-corrected chi connectivity index (χ3v) is 10.7. The zero-order valence-electron chi connectivity index (χ0n) is 30.2. The van der Waals surface area contributed by atoms with Gasteiger partial charge in [-0.3, -0.25) is 4.57 Å². The number of rotatable bonds is 6. The maximum atomic E-state index is 6.25. The molecule has 11 rings (SSSR count). The highest BCUT2D eigenvalue weighted by Crippen LogP contribution is 2.39. The summed E-state index contributed by atoms with van der Waals surface area (Å²) >= 11 is 0. The van der Waals surface area contributed by atoms with Gasteiger partial charge in [0, 0.05) is 32.7 Å². The first-order chi connectivity index (χ1) is 27.7. The number of benzene rings is 8. The summed E-state index contributed by atoms with van der Waals surface area (Å²) in [7, 11) is 0. The second kappa shape index (κ2) is 13.0. The molecule has 0 saturated carbocycles. The molecule has 0 saturated heterocycles. The first-order valence-corrected chi connectivity index (χ1v) is 18.8. The van der Waals surface area contributed by atoms with Crippen LogP contribution in [0.5, 0.6) is 0 Å². The molecule has 0 amide bonds. The van der Waals surface area contributed by atoms with Gasteiger partial charge in [-0.25, -0.2) is 4.98 Å². The molecule has 0 unspecified atom stereocenters. The Morgan fingerprint density at radius 2 is 0.929 bits per heavy atom. The van der Waals surface area contributed by atoms with Crippen LogP contribution in [-0.2, 0) is 0 Å². The van der Waals surface area contributed by atoms with Crippen molar-refractivity contribution >= 4 is 43.7 Å². The van der Waals surface area contributed by atoms with E-state index in [1.807, 2.05) is 42.5 Å². The van der Waals surface area contributed by atoms with Gasteiger partial charge >= 0.3 is 0 Å². The van der Waals surface area contributed by atoms with E-state index in [2.05, 4.69) is 156 Å². The van der Waals surface area contributed by atoms with Gasteiger partial charge < -0.3 is 4.42 Å². The van der Waals surface area contributed by atoms with E-state index < -0.39 is 0 Å². The summed E-state index contributed by atoms with van der Waals surface area (Å²) in [5, 5.41) is 4.44. The zero-order valence-corrected chi connectivity index (χ0v) is 30.2. The Hall–Kier alpha value is -7.63. The average Bonchev–Trinajstić information content (AvgIpc) is 3.82. The molecule has 262 valence electrons. The Kier molecular flexibility index (Phi) is 7.42. The minimum atomic E-state index is 0.555. The van der Waals surface area contributed by atoms with Gasteiger partial charge in [-0.1, -0.05) is 158 Å². The fourth-order valence-electron chi connectivity index (χ4n) is 8.01. The highest BCUT2D eigenvalue weighted by atomic mass is 16.3. The minimum absolute atomic E-state index is 0.555. The van der Waals surface area contributed by atoms with Crippen molar-refractivity contribution in [3.05, 3.63) is 194 Å². The maximum Gasteiger partial charge on any atom is 0.238 e. The highest BCUT2D eigenvalue weighted by molar-refractivity contribution is 6.13. The van der Waals surface area contributed by atoms with Crippen LogP contribution in [0.15, 0.2) is 199 Å². The summed E-state index contributed by atoms with van der Waals surface area (Å²) in [6, 6.07) is 67.5. The standard InChI is InChI=1S/C51H32N4O/c1-4-14-33(15-5-1)36-27-29-44-43(31-36)41-28-26-37(34-16-6-2-7-17-34)32-45(41)55(44)51-53-49(35-18-8-3-9-19-35)52-50(54-51)39-21-12-20-38(30-39)40-23-13-25-47-48(40)42-22-10-11-24-46(42)56-47/h1-32H. The zero-order chi connectivity index (χ0) is 37.0. The van der Waals surface area contributed by atoms with Crippen molar-refractivity contribution in [3.63, 3.8) is 0 Å². The van der Waals surface area contributed by atoms with Crippen molar-refractivity contribution in [1.29, 1.82) is 0 Å². The molecule has 56 heavy (non-hydrogen) atoms. The van der Waals surface area contributed by atoms with E-state index in [0.717, 1.165) is 82.7 Å². The SMILES string of the molecule is c1ccc(-c2ccc3c(c2)c2ccc(-c4ccccc4)cc2n3-c2nc(-c3ccccc3)nc(-c3cccc(-c4cccc5oc6ccccc6c45)c3)n2)cc1. The van der Waals surface area contributed by atoms with Gasteiger partial charge in [0.25, 0.3) is 0 Å². The number of furan rings is 1. The number of para-hydroxylation sites is 1. The van der Waals surface area contributed by atoms with Crippen LogP contribution >= 0.6 is 0 Å². The summed E-state index contributed by atoms with van der Waals surface area (Å²) in [6.07, 6.45) is 0. The first kappa shape index (κ1) is 31.9. The predicted molar refractivity (Wildman–Crippen MR) is 229 cm³/mol. The Morgan fingerprint density at radius 3 is 1.70 bits per heavy atom. The molecule has 0 atom stereocenters. The minimum Gasteiger partial charge on any atom is -0.456 e. The van der Waals surface area contributed by atoms with E-state index in [0.29, 0.717) is 17.6 Å². The smallest absolute Gasteiger partial charge is 0.238 e. The van der Waals surface area contributed by atoms with Crippen molar-refractivity contribution in [2.45, 2.75) is 0 Å². The summed E-state index contributed by atoms with van der Waals surface area (Å²) in [5.41, 5.74) is 12.3. The van der Waals surface area contributed by atoms with Crippen molar-refractivity contribution < 1.29 is 4.42 Å². The first-order valence-electron chi connectivity index (χ1n) is 18.8. The number of nitrogens with zero attached hydrogens (tertiary/aromatic N) is 4. The van der Waals surface area contributed by atoms with Gasteiger partial charge in [0.1, 0.15) is 11.2 Å².